The maximum Gasteiger partial charge on any atom is 0.104 e. The molecule has 0 radical (unpaired) electrons. The van der Waals surface area contributed by atoms with Gasteiger partial charge in [0.05, 0.1) is 0 Å². The second kappa shape index (κ2) is 5.42. The summed E-state index contributed by atoms with van der Waals surface area (Å²) in [4.78, 5) is 2.01. The smallest absolute Gasteiger partial charge is 0.104 e. The van der Waals surface area contributed by atoms with Crippen LogP contribution in [0.15, 0.2) is 48.5 Å². The Labute approximate surface area is 112 Å². The van der Waals surface area contributed by atoms with Crippen LogP contribution in [-0.2, 0) is 0 Å². The van der Waals surface area contributed by atoms with Crippen molar-refractivity contribution in [2.24, 2.45) is 0 Å². The van der Waals surface area contributed by atoms with Crippen LogP contribution in [-0.4, -0.2) is 19.2 Å². The molecule has 0 aliphatic carbocycles. The molecule has 0 saturated heterocycles. The standard InChI is InChI=1S/C15H16ClNO/c1-17(2)14-5-3-4-12(10-14)15(18)11-6-8-13(16)9-7-11/h3-10,15,18H,1-2H3. The van der Waals surface area contributed by atoms with Gasteiger partial charge in [-0.05, 0) is 35.4 Å². The quantitative estimate of drug-likeness (QED) is 0.914. The summed E-state index contributed by atoms with van der Waals surface area (Å²) in [7, 11) is 3.96. The van der Waals surface area contributed by atoms with Crippen molar-refractivity contribution in [3.63, 3.8) is 0 Å². The molecular formula is C15H16ClNO. The molecule has 0 bridgehead atoms. The Morgan fingerprint density at radius 1 is 1.00 bits per heavy atom. The van der Waals surface area contributed by atoms with E-state index in [1.54, 1.807) is 12.1 Å². The van der Waals surface area contributed by atoms with Crippen molar-refractivity contribution in [2.45, 2.75) is 6.10 Å². The van der Waals surface area contributed by atoms with Gasteiger partial charge in [0.15, 0.2) is 0 Å². The minimum atomic E-state index is -0.623. The molecule has 0 aliphatic rings. The zero-order valence-corrected chi connectivity index (χ0v) is 11.2. The van der Waals surface area contributed by atoms with Gasteiger partial charge in [0, 0.05) is 24.8 Å². The van der Waals surface area contributed by atoms with Crippen LogP contribution in [0.3, 0.4) is 0 Å². The van der Waals surface area contributed by atoms with Crippen molar-refractivity contribution >= 4 is 17.3 Å². The van der Waals surface area contributed by atoms with Gasteiger partial charge in [-0.1, -0.05) is 35.9 Å². The predicted octanol–water partition coefficient (Wildman–Crippen LogP) is 3.49. The second-order valence-corrected chi connectivity index (χ2v) is 4.88. The highest BCUT2D eigenvalue weighted by Gasteiger charge is 2.11. The van der Waals surface area contributed by atoms with Gasteiger partial charge in [-0.15, -0.1) is 0 Å². The molecule has 2 aromatic carbocycles. The number of aliphatic hydroxyl groups is 1. The highest BCUT2D eigenvalue weighted by molar-refractivity contribution is 6.30. The molecule has 1 atom stereocenters. The van der Waals surface area contributed by atoms with E-state index in [0.29, 0.717) is 5.02 Å². The Morgan fingerprint density at radius 3 is 2.28 bits per heavy atom. The number of nitrogens with zero attached hydrogens (tertiary/aromatic N) is 1. The zero-order chi connectivity index (χ0) is 13.1. The molecule has 0 spiro atoms. The second-order valence-electron chi connectivity index (χ2n) is 4.44. The lowest BCUT2D eigenvalue weighted by Gasteiger charge is -2.16. The van der Waals surface area contributed by atoms with E-state index in [9.17, 15) is 5.11 Å². The van der Waals surface area contributed by atoms with Crippen LogP contribution in [0.1, 0.15) is 17.2 Å². The first kappa shape index (κ1) is 12.9. The van der Waals surface area contributed by atoms with Crippen molar-refractivity contribution < 1.29 is 5.11 Å². The Morgan fingerprint density at radius 2 is 1.67 bits per heavy atom. The summed E-state index contributed by atoms with van der Waals surface area (Å²) in [5.41, 5.74) is 2.79. The summed E-state index contributed by atoms with van der Waals surface area (Å²) < 4.78 is 0. The van der Waals surface area contributed by atoms with E-state index in [1.165, 1.54) is 0 Å². The minimum Gasteiger partial charge on any atom is -0.384 e. The van der Waals surface area contributed by atoms with Gasteiger partial charge in [0.1, 0.15) is 6.10 Å². The molecule has 94 valence electrons. The first-order valence-corrected chi connectivity index (χ1v) is 6.16. The molecule has 1 unspecified atom stereocenters. The average Bonchev–Trinajstić information content (AvgIpc) is 2.39. The van der Waals surface area contributed by atoms with Gasteiger partial charge >= 0.3 is 0 Å². The van der Waals surface area contributed by atoms with Crippen LogP contribution in [0.4, 0.5) is 5.69 Å². The molecule has 0 aromatic heterocycles. The number of halogens is 1. The summed E-state index contributed by atoms with van der Waals surface area (Å²) in [6.45, 7) is 0. The molecule has 18 heavy (non-hydrogen) atoms. The fraction of sp³-hybridized carbons (Fsp3) is 0.200. The Kier molecular flexibility index (Phi) is 3.90. The summed E-state index contributed by atoms with van der Waals surface area (Å²) in [6, 6.07) is 15.1. The Balaban J connectivity index is 2.30. The van der Waals surface area contributed by atoms with Gasteiger partial charge < -0.3 is 10.0 Å². The van der Waals surface area contributed by atoms with Crippen molar-refractivity contribution in [1.82, 2.24) is 0 Å². The summed E-state index contributed by atoms with van der Waals surface area (Å²) in [5.74, 6) is 0. The fourth-order valence-corrected chi connectivity index (χ4v) is 1.94. The Bertz CT molecular complexity index is 522. The zero-order valence-electron chi connectivity index (χ0n) is 10.5. The summed E-state index contributed by atoms with van der Waals surface area (Å²) in [6.07, 6.45) is -0.623. The number of hydrogen-bond donors (Lipinski definition) is 1. The van der Waals surface area contributed by atoms with Gasteiger partial charge in [0.2, 0.25) is 0 Å². The maximum atomic E-state index is 10.3. The first-order chi connectivity index (χ1) is 8.58. The maximum absolute atomic E-state index is 10.3. The topological polar surface area (TPSA) is 23.5 Å². The van der Waals surface area contributed by atoms with E-state index >= 15 is 0 Å². The van der Waals surface area contributed by atoms with Crippen LogP contribution in [0, 0.1) is 0 Å². The molecule has 2 nitrogen and oxygen atoms in total. The largest absolute Gasteiger partial charge is 0.384 e. The number of aliphatic hydroxyl groups excluding tert-OH is 1. The van der Waals surface area contributed by atoms with E-state index in [-0.39, 0.29) is 0 Å². The number of hydrogen-bond acceptors (Lipinski definition) is 2. The lowest BCUT2D eigenvalue weighted by Crippen LogP contribution is -2.09. The highest BCUT2D eigenvalue weighted by atomic mass is 35.5. The van der Waals surface area contributed by atoms with Gasteiger partial charge in [0.25, 0.3) is 0 Å². The summed E-state index contributed by atoms with van der Waals surface area (Å²) >= 11 is 5.84. The van der Waals surface area contributed by atoms with Gasteiger partial charge in [-0.2, -0.15) is 0 Å². The van der Waals surface area contributed by atoms with Gasteiger partial charge in [-0.3, -0.25) is 0 Å². The molecule has 0 heterocycles. The van der Waals surface area contributed by atoms with E-state index < -0.39 is 6.10 Å². The molecule has 0 fully saturated rings. The number of benzene rings is 2. The lowest BCUT2D eigenvalue weighted by atomic mass is 10.0. The first-order valence-electron chi connectivity index (χ1n) is 5.79. The van der Waals surface area contributed by atoms with Crippen molar-refractivity contribution in [1.29, 1.82) is 0 Å². The monoisotopic (exact) mass is 261 g/mol. The van der Waals surface area contributed by atoms with E-state index in [2.05, 4.69) is 0 Å². The Hall–Kier alpha value is -1.51. The fourth-order valence-electron chi connectivity index (χ4n) is 1.81. The lowest BCUT2D eigenvalue weighted by molar-refractivity contribution is 0.220. The number of rotatable bonds is 3. The van der Waals surface area contributed by atoms with Gasteiger partial charge in [-0.25, -0.2) is 0 Å². The molecule has 0 saturated carbocycles. The minimum absolute atomic E-state index is 0.623. The molecule has 2 rings (SSSR count). The molecule has 0 aliphatic heterocycles. The molecular weight excluding hydrogens is 246 g/mol. The van der Waals surface area contributed by atoms with Crippen molar-refractivity contribution in [2.75, 3.05) is 19.0 Å². The average molecular weight is 262 g/mol. The van der Waals surface area contributed by atoms with Crippen LogP contribution in [0.25, 0.3) is 0 Å². The predicted molar refractivity (Wildman–Crippen MR) is 76.3 cm³/mol. The van der Waals surface area contributed by atoms with Crippen LogP contribution in [0.2, 0.25) is 5.02 Å². The van der Waals surface area contributed by atoms with Crippen molar-refractivity contribution in [3.8, 4) is 0 Å². The molecule has 2 aromatic rings. The molecule has 1 N–H and O–H groups in total. The van der Waals surface area contributed by atoms with E-state index in [0.717, 1.165) is 16.8 Å². The van der Waals surface area contributed by atoms with E-state index in [4.69, 9.17) is 11.6 Å². The SMILES string of the molecule is CN(C)c1cccc(C(O)c2ccc(Cl)cc2)c1. The normalized spacial score (nSPS) is 12.2. The third kappa shape index (κ3) is 2.84. The van der Waals surface area contributed by atoms with Crippen LogP contribution < -0.4 is 4.90 Å². The third-order valence-electron chi connectivity index (χ3n) is 2.89. The van der Waals surface area contributed by atoms with Crippen molar-refractivity contribution in [3.05, 3.63) is 64.7 Å². The third-order valence-corrected chi connectivity index (χ3v) is 3.14. The molecule has 0 amide bonds. The van der Waals surface area contributed by atoms with Crippen LogP contribution in [0.5, 0.6) is 0 Å². The molecule has 3 heteroatoms. The van der Waals surface area contributed by atoms with Crippen LogP contribution >= 0.6 is 11.6 Å². The summed E-state index contributed by atoms with van der Waals surface area (Å²) in [5, 5.41) is 11.0. The highest BCUT2D eigenvalue weighted by Crippen LogP contribution is 2.25. The van der Waals surface area contributed by atoms with E-state index in [1.807, 2.05) is 55.4 Å². The number of anilines is 1.